The molecule has 2 heterocycles. The summed E-state index contributed by atoms with van der Waals surface area (Å²) in [6.45, 7) is 9.57. The molecule has 0 unspecified atom stereocenters. The minimum Gasteiger partial charge on any atom is -0.475 e. The predicted molar refractivity (Wildman–Crippen MR) is 99.9 cm³/mol. The zero-order valence-electron chi connectivity index (χ0n) is 16.7. The lowest BCUT2D eigenvalue weighted by molar-refractivity contribution is 0.00616. The van der Waals surface area contributed by atoms with Gasteiger partial charge in [0.25, 0.3) is 5.91 Å². The molecule has 2 rings (SSSR count). The highest BCUT2D eigenvalue weighted by atomic mass is 16.6. The van der Waals surface area contributed by atoms with E-state index < -0.39 is 5.60 Å². The summed E-state index contributed by atoms with van der Waals surface area (Å²) in [5.74, 6) is 0.281. The Morgan fingerprint density at radius 1 is 1.26 bits per heavy atom. The number of nitrogens with zero attached hydrogens (tertiary/aromatic N) is 3. The van der Waals surface area contributed by atoms with E-state index in [-0.39, 0.29) is 18.0 Å². The fourth-order valence-electron chi connectivity index (χ4n) is 2.77. The van der Waals surface area contributed by atoms with Crippen LogP contribution < -0.4 is 4.74 Å². The number of piperazine rings is 1. The van der Waals surface area contributed by atoms with E-state index in [9.17, 15) is 9.59 Å². The summed E-state index contributed by atoms with van der Waals surface area (Å²) in [5, 5.41) is 0. The molecule has 1 fully saturated rings. The van der Waals surface area contributed by atoms with Gasteiger partial charge in [0.05, 0.1) is 6.61 Å². The maximum atomic E-state index is 12.9. The highest BCUT2D eigenvalue weighted by molar-refractivity contribution is 5.94. The number of carbonyl (C=O) groups excluding carboxylic acids is 2. The van der Waals surface area contributed by atoms with Crippen molar-refractivity contribution < 1.29 is 23.8 Å². The highest BCUT2D eigenvalue weighted by Gasteiger charge is 2.32. The van der Waals surface area contributed by atoms with Crippen LogP contribution in [0.4, 0.5) is 4.79 Å². The van der Waals surface area contributed by atoms with Crippen LogP contribution in [-0.4, -0.2) is 78.4 Å². The monoisotopic (exact) mass is 379 g/mol. The van der Waals surface area contributed by atoms with Crippen molar-refractivity contribution in [2.45, 2.75) is 39.3 Å². The van der Waals surface area contributed by atoms with E-state index >= 15 is 0 Å². The molecule has 150 valence electrons. The number of ether oxygens (including phenoxy) is 3. The van der Waals surface area contributed by atoms with E-state index in [0.29, 0.717) is 44.3 Å². The van der Waals surface area contributed by atoms with E-state index in [1.807, 2.05) is 27.7 Å². The summed E-state index contributed by atoms with van der Waals surface area (Å²) in [5.41, 5.74) is -0.0289. The quantitative estimate of drug-likeness (QED) is 0.730. The number of hydrogen-bond acceptors (Lipinski definition) is 6. The second-order valence-corrected chi connectivity index (χ2v) is 7.50. The number of aromatic nitrogens is 1. The molecule has 1 atom stereocenters. The molecule has 1 aromatic rings. The Hall–Kier alpha value is -2.35. The van der Waals surface area contributed by atoms with Crippen molar-refractivity contribution >= 4 is 12.0 Å². The number of amides is 2. The Bertz CT molecular complexity index is 659. The zero-order chi connectivity index (χ0) is 20.0. The Morgan fingerprint density at radius 3 is 2.63 bits per heavy atom. The van der Waals surface area contributed by atoms with Crippen LogP contribution in [0, 0.1) is 0 Å². The largest absolute Gasteiger partial charge is 0.475 e. The van der Waals surface area contributed by atoms with Crippen molar-refractivity contribution in [3.63, 3.8) is 0 Å². The molecule has 0 aliphatic carbocycles. The predicted octanol–water partition coefficient (Wildman–Crippen LogP) is 2.19. The third-order valence-electron chi connectivity index (χ3n) is 4.06. The fraction of sp³-hybridized carbons (Fsp3) is 0.632. The van der Waals surface area contributed by atoms with Crippen molar-refractivity contribution in [1.82, 2.24) is 14.8 Å². The van der Waals surface area contributed by atoms with Gasteiger partial charge < -0.3 is 24.0 Å². The van der Waals surface area contributed by atoms with Crippen LogP contribution in [0.2, 0.25) is 0 Å². The normalized spacial score (nSPS) is 17.6. The number of carbonyl (C=O) groups is 2. The molecule has 0 bridgehead atoms. The summed E-state index contributed by atoms with van der Waals surface area (Å²) in [6.07, 6.45) is 1.20. The molecule has 2 amide bonds. The number of pyridine rings is 1. The molecular formula is C19H29N3O5. The van der Waals surface area contributed by atoms with Gasteiger partial charge in [0.15, 0.2) is 0 Å². The standard InChI is InChI=1S/C19H29N3O5/c1-14-13-21(18(24)27-19(2,3)4)8-9-22(14)17(23)15-6-7-20-16(12-15)26-11-10-25-5/h6-7,12,14H,8-11,13H2,1-5H3/t14-/m0/s1. The summed E-state index contributed by atoms with van der Waals surface area (Å²) >= 11 is 0. The maximum absolute atomic E-state index is 12.9. The first-order valence-electron chi connectivity index (χ1n) is 9.08. The minimum absolute atomic E-state index is 0.106. The summed E-state index contributed by atoms with van der Waals surface area (Å²) in [4.78, 5) is 32.6. The van der Waals surface area contributed by atoms with Gasteiger partial charge in [-0.25, -0.2) is 9.78 Å². The Morgan fingerprint density at radius 2 is 2.00 bits per heavy atom. The van der Waals surface area contributed by atoms with Gasteiger partial charge in [-0.05, 0) is 33.8 Å². The van der Waals surface area contributed by atoms with Crippen molar-refractivity contribution in [2.75, 3.05) is 40.0 Å². The molecule has 0 radical (unpaired) electrons. The fourth-order valence-corrected chi connectivity index (χ4v) is 2.77. The number of methoxy groups -OCH3 is 1. The summed E-state index contributed by atoms with van der Waals surface area (Å²) < 4.78 is 15.8. The first-order valence-corrected chi connectivity index (χ1v) is 9.08. The van der Waals surface area contributed by atoms with Crippen molar-refractivity contribution in [1.29, 1.82) is 0 Å². The molecule has 1 saturated heterocycles. The molecular weight excluding hydrogens is 350 g/mol. The zero-order valence-corrected chi connectivity index (χ0v) is 16.7. The molecule has 27 heavy (non-hydrogen) atoms. The van der Waals surface area contributed by atoms with Gasteiger partial charge in [-0.2, -0.15) is 0 Å². The van der Waals surface area contributed by atoms with Crippen molar-refractivity contribution in [2.24, 2.45) is 0 Å². The average molecular weight is 379 g/mol. The number of rotatable bonds is 5. The van der Waals surface area contributed by atoms with Gasteiger partial charge in [-0.15, -0.1) is 0 Å². The molecule has 1 aromatic heterocycles. The van der Waals surface area contributed by atoms with E-state index in [1.165, 1.54) is 0 Å². The lowest BCUT2D eigenvalue weighted by atomic mass is 10.1. The number of hydrogen-bond donors (Lipinski definition) is 0. The molecule has 1 aliphatic rings. The van der Waals surface area contributed by atoms with Gasteiger partial charge in [-0.3, -0.25) is 4.79 Å². The van der Waals surface area contributed by atoms with Crippen molar-refractivity contribution in [3.8, 4) is 5.88 Å². The molecule has 0 spiro atoms. The maximum Gasteiger partial charge on any atom is 0.410 e. The van der Waals surface area contributed by atoms with Crippen LogP contribution in [0.5, 0.6) is 5.88 Å². The van der Waals surface area contributed by atoms with Crippen LogP contribution in [0.3, 0.4) is 0 Å². The average Bonchev–Trinajstić information content (AvgIpc) is 2.60. The van der Waals surface area contributed by atoms with Crippen LogP contribution in [0.15, 0.2) is 18.3 Å². The molecule has 8 heteroatoms. The molecule has 0 N–H and O–H groups in total. The minimum atomic E-state index is -0.538. The first kappa shape index (κ1) is 21.0. The lowest BCUT2D eigenvalue weighted by Crippen LogP contribution is -2.56. The van der Waals surface area contributed by atoms with Gasteiger partial charge in [0.1, 0.15) is 12.2 Å². The summed E-state index contributed by atoms with van der Waals surface area (Å²) in [6, 6.07) is 3.17. The van der Waals surface area contributed by atoms with Crippen LogP contribution in [0.25, 0.3) is 0 Å². The highest BCUT2D eigenvalue weighted by Crippen LogP contribution is 2.18. The van der Waals surface area contributed by atoms with Gasteiger partial charge >= 0.3 is 6.09 Å². The second-order valence-electron chi connectivity index (χ2n) is 7.50. The van der Waals surface area contributed by atoms with E-state index in [1.54, 1.807) is 35.2 Å². The third-order valence-corrected chi connectivity index (χ3v) is 4.06. The van der Waals surface area contributed by atoms with Crippen LogP contribution in [-0.2, 0) is 9.47 Å². The summed E-state index contributed by atoms with van der Waals surface area (Å²) in [7, 11) is 1.59. The SMILES string of the molecule is COCCOc1cc(C(=O)N2CCN(C(=O)OC(C)(C)C)C[C@@H]2C)ccn1. The van der Waals surface area contributed by atoms with Gasteiger partial charge in [-0.1, -0.05) is 0 Å². The van der Waals surface area contributed by atoms with E-state index in [4.69, 9.17) is 14.2 Å². The molecule has 8 nitrogen and oxygen atoms in total. The smallest absolute Gasteiger partial charge is 0.410 e. The molecule has 0 aromatic carbocycles. The van der Waals surface area contributed by atoms with Gasteiger partial charge in [0, 0.05) is 50.6 Å². The van der Waals surface area contributed by atoms with Crippen LogP contribution >= 0.6 is 0 Å². The Labute approximate surface area is 160 Å². The lowest BCUT2D eigenvalue weighted by Gasteiger charge is -2.40. The first-order chi connectivity index (χ1) is 12.7. The third kappa shape index (κ3) is 6.09. The van der Waals surface area contributed by atoms with Crippen LogP contribution in [0.1, 0.15) is 38.1 Å². The molecule has 0 saturated carbocycles. The van der Waals surface area contributed by atoms with E-state index in [2.05, 4.69) is 4.98 Å². The topological polar surface area (TPSA) is 81.2 Å². The molecule has 1 aliphatic heterocycles. The second kappa shape index (κ2) is 9.03. The van der Waals surface area contributed by atoms with E-state index in [0.717, 1.165) is 0 Å². The van der Waals surface area contributed by atoms with Crippen molar-refractivity contribution in [3.05, 3.63) is 23.9 Å². The Kier molecular flexibility index (Phi) is 7.01. The van der Waals surface area contributed by atoms with Gasteiger partial charge in [0.2, 0.25) is 5.88 Å². The Balaban J connectivity index is 1.98.